The van der Waals surface area contributed by atoms with Crippen LogP contribution in [0.15, 0.2) is 0 Å². The highest BCUT2D eigenvalue weighted by Gasteiger charge is 2.19. The second kappa shape index (κ2) is 11.2. The average molecular weight is 339 g/mol. The summed E-state index contributed by atoms with van der Waals surface area (Å²) < 4.78 is 36.8. The Hall–Kier alpha value is -1.35. The number of hydrogen-bond donors (Lipinski definition) is 1. The molecule has 1 N–H and O–H groups in total. The summed E-state index contributed by atoms with van der Waals surface area (Å²) in [6.07, 6.45) is 1.23. The van der Waals surface area contributed by atoms with E-state index in [9.17, 15) is 18.0 Å². The van der Waals surface area contributed by atoms with Crippen molar-refractivity contribution >= 4 is 22.2 Å². The molecule has 0 aromatic rings. The molecular weight excluding hydrogens is 314 g/mol. The second-order valence-electron chi connectivity index (χ2n) is 4.62. The zero-order chi connectivity index (χ0) is 17.0. The number of rotatable bonds is 11. The van der Waals surface area contributed by atoms with Gasteiger partial charge in [-0.3, -0.25) is 10.1 Å². The van der Waals surface area contributed by atoms with E-state index in [1.54, 1.807) is 6.92 Å². The summed E-state index contributed by atoms with van der Waals surface area (Å²) in [4.78, 5) is 22.7. The van der Waals surface area contributed by atoms with E-state index in [-0.39, 0.29) is 32.0 Å². The van der Waals surface area contributed by atoms with Gasteiger partial charge < -0.3 is 9.47 Å². The number of carbonyl (C=O) groups excluding carboxylic acids is 2. The Kier molecular flexibility index (Phi) is 10.6. The standard InChI is InChI=1S/C13H25NO7S/c1-4-6-10-20-13(16)14-11(21-22(3,17)18)8-7-9-12(15)19-5-2/h11H,4-10H2,1-3H3,(H,14,16). The van der Waals surface area contributed by atoms with Crippen molar-refractivity contribution in [3.8, 4) is 0 Å². The Morgan fingerprint density at radius 3 is 2.36 bits per heavy atom. The minimum Gasteiger partial charge on any atom is -0.466 e. The number of hydrogen-bond acceptors (Lipinski definition) is 7. The number of alkyl carbamates (subject to hydrolysis) is 1. The third kappa shape index (κ3) is 12.4. The van der Waals surface area contributed by atoms with Gasteiger partial charge in [0.15, 0.2) is 6.23 Å². The molecule has 0 bridgehead atoms. The molecule has 22 heavy (non-hydrogen) atoms. The van der Waals surface area contributed by atoms with Gasteiger partial charge in [0.1, 0.15) is 0 Å². The quantitative estimate of drug-likeness (QED) is 0.263. The van der Waals surface area contributed by atoms with Crippen molar-refractivity contribution in [1.29, 1.82) is 0 Å². The lowest BCUT2D eigenvalue weighted by molar-refractivity contribution is -0.143. The second-order valence-corrected chi connectivity index (χ2v) is 6.22. The van der Waals surface area contributed by atoms with E-state index in [2.05, 4.69) is 5.32 Å². The third-order valence-electron chi connectivity index (χ3n) is 2.45. The molecule has 0 aromatic heterocycles. The molecule has 9 heteroatoms. The number of esters is 1. The van der Waals surface area contributed by atoms with Crippen LogP contribution in [0, 0.1) is 0 Å². The van der Waals surface area contributed by atoms with E-state index >= 15 is 0 Å². The van der Waals surface area contributed by atoms with Crippen molar-refractivity contribution in [2.75, 3.05) is 19.5 Å². The van der Waals surface area contributed by atoms with Crippen LogP contribution >= 0.6 is 0 Å². The van der Waals surface area contributed by atoms with Crippen LogP contribution in [0.2, 0.25) is 0 Å². The fraction of sp³-hybridized carbons (Fsp3) is 0.846. The zero-order valence-corrected chi connectivity index (χ0v) is 14.1. The largest absolute Gasteiger partial charge is 0.466 e. The Balaban J connectivity index is 4.31. The van der Waals surface area contributed by atoms with Gasteiger partial charge in [0, 0.05) is 6.42 Å². The lowest BCUT2D eigenvalue weighted by Crippen LogP contribution is -2.38. The van der Waals surface area contributed by atoms with Gasteiger partial charge in [-0.1, -0.05) is 13.3 Å². The maximum Gasteiger partial charge on any atom is 0.409 e. The fourth-order valence-electron chi connectivity index (χ4n) is 1.50. The van der Waals surface area contributed by atoms with Crippen LogP contribution in [0.25, 0.3) is 0 Å². The molecule has 8 nitrogen and oxygen atoms in total. The van der Waals surface area contributed by atoms with E-state index in [0.29, 0.717) is 12.8 Å². The number of ether oxygens (including phenoxy) is 2. The first-order valence-corrected chi connectivity index (χ1v) is 9.07. The lowest BCUT2D eigenvalue weighted by atomic mass is 10.2. The van der Waals surface area contributed by atoms with Crippen molar-refractivity contribution in [2.45, 2.75) is 52.2 Å². The molecule has 0 aliphatic heterocycles. The first-order valence-electron chi connectivity index (χ1n) is 7.25. The van der Waals surface area contributed by atoms with Gasteiger partial charge in [-0.15, -0.1) is 0 Å². The smallest absolute Gasteiger partial charge is 0.409 e. The average Bonchev–Trinajstić information content (AvgIpc) is 2.37. The van der Waals surface area contributed by atoms with E-state index in [0.717, 1.165) is 12.7 Å². The first-order chi connectivity index (χ1) is 10.3. The molecule has 0 saturated carbocycles. The van der Waals surface area contributed by atoms with Gasteiger partial charge in [0.25, 0.3) is 10.1 Å². The summed E-state index contributed by atoms with van der Waals surface area (Å²) in [7, 11) is -3.74. The molecule has 0 heterocycles. The topological polar surface area (TPSA) is 108 Å². The van der Waals surface area contributed by atoms with Crippen LogP contribution in [0.3, 0.4) is 0 Å². The molecule has 130 valence electrons. The molecule has 0 aliphatic rings. The Morgan fingerprint density at radius 2 is 1.82 bits per heavy atom. The molecular formula is C13H25NO7S. The fourth-order valence-corrected chi connectivity index (χ4v) is 2.07. The highest BCUT2D eigenvalue weighted by molar-refractivity contribution is 7.86. The normalized spacial score (nSPS) is 12.5. The number of nitrogens with one attached hydrogen (secondary N) is 1. The minimum absolute atomic E-state index is 0.115. The third-order valence-corrected chi connectivity index (χ3v) is 3.04. The van der Waals surface area contributed by atoms with Crippen LogP contribution in [0.4, 0.5) is 4.79 Å². The summed E-state index contributed by atoms with van der Waals surface area (Å²) >= 11 is 0. The van der Waals surface area contributed by atoms with Crippen molar-refractivity contribution in [3.63, 3.8) is 0 Å². The van der Waals surface area contributed by atoms with E-state index in [1.165, 1.54) is 0 Å². The molecule has 0 radical (unpaired) electrons. The predicted octanol–water partition coefficient (Wildman–Crippen LogP) is 1.55. The van der Waals surface area contributed by atoms with E-state index in [1.807, 2.05) is 6.92 Å². The number of unbranched alkanes of at least 4 members (excludes halogenated alkanes) is 1. The van der Waals surface area contributed by atoms with Gasteiger partial charge in [-0.2, -0.15) is 8.42 Å². The van der Waals surface area contributed by atoms with Crippen LogP contribution in [-0.4, -0.2) is 46.2 Å². The van der Waals surface area contributed by atoms with Crippen LogP contribution in [0.1, 0.15) is 46.0 Å². The predicted molar refractivity (Wildman–Crippen MR) is 79.6 cm³/mol. The highest BCUT2D eigenvalue weighted by Crippen LogP contribution is 2.07. The first kappa shape index (κ1) is 20.6. The van der Waals surface area contributed by atoms with Gasteiger partial charge in [-0.25, -0.2) is 8.98 Å². The summed E-state index contributed by atoms with van der Waals surface area (Å²) in [5.74, 6) is -0.383. The van der Waals surface area contributed by atoms with E-state index in [4.69, 9.17) is 13.7 Å². The van der Waals surface area contributed by atoms with E-state index < -0.39 is 22.4 Å². The van der Waals surface area contributed by atoms with Crippen LogP contribution in [-0.2, 0) is 28.6 Å². The van der Waals surface area contributed by atoms with Crippen LogP contribution in [0.5, 0.6) is 0 Å². The molecule has 0 fully saturated rings. The molecule has 1 amide bonds. The lowest BCUT2D eigenvalue weighted by Gasteiger charge is -2.17. The van der Waals surface area contributed by atoms with Gasteiger partial charge >= 0.3 is 12.1 Å². The maximum atomic E-state index is 11.5. The summed E-state index contributed by atoms with van der Waals surface area (Å²) in [6, 6.07) is 0. The van der Waals surface area contributed by atoms with Gasteiger partial charge in [-0.05, 0) is 26.2 Å². The molecule has 0 rings (SSSR count). The summed E-state index contributed by atoms with van der Waals surface area (Å²) in [5.41, 5.74) is 0. The summed E-state index contributed by atoms with van der Waals surface area (Å²) in [6.45, 7) is 4.18. The minimum atomic E-state index is -3.74. The molecule has 1 atom stereocenters. The van der Waals surface area contributed by atoms with Gasteiger partial charge in [0.2, 0.25) is 0 Å². The van der Waals surface area contributed by atoms with Crippen molar-refractivity contribution in [1.82, 2.24) is 5.32 Å². The van der Waals surface area contributed by atoms with Crippen molar-refractivity contribution in [3.05, 3.63) is 0 Å². The van der Waals surface area contributed by atoms with Gasteiger partial charge in [0.05, 0.1) is 19.5 Å². The molecule has 0 spiro atoms. The monoisotopic (exact) mass is 339 g/mol. The Morgan fingerprint density at radius 1 is 1.14 bits per heavy atom. The highest BCUT2D eigenvalue weighted by atomic mass is 32.2. The Labute approximate surface area is 131 Å². The Bertz CT molecular complexity index is 436. The SMILES string of the molecule is CCCCOC(=O)NC(CCCC(=O)OCC)OS(C)(=O)=O. The van der Waals surface area contributed by atoms with Crippen molar-refractivity contribution < 1.29 is 31.7 Å². The molecule has 0 aromatic carbocycles. The molecule has 0 aliphatic carbocycles. The maximum absolute atomic E-state index is 11.5. The van der Waals surface area contributed by atoms with Crippen molar-refractivity contribution in [2.24, 2.45) is 0 Å². The number of amides is 1. The van der Waals surface area contributed by atoms with Crippen LogP contribution < -0.4 is 5.32 Å². The summed E-state index contributed by atoms with van der Waals surface area (Å²) in [5, 5.41) is 2.32. The number of carbonyl (C=O) groups is 2. The zero-order valence-electron chi connectivity index (χ0n) is 13.3. The molecule has 0 saturated heterocycles. The molecule has 1 unspecified atom stereocenters.